The fourth-order valence-corrected chi connectivity index (χ4v) is 5.05. The second kappa shape index (κ2) is 7.55. The van der Waals surface area contributed by atoms with Crippen LogP contribution >= 0.6 is 0 Å². The Bertz CT molecular complexity index is 1120. The SMILES string of the molecule is C[C@@H]1CCCC[C@@H]1NC(=O)[C@@]1(C)Cn2c(cc3occc32)C(=O)N1Cc1cccnc1. The molecule has 162 valence electrons. The molecule has 0 unspecified atom stereocenters. The molecule has 1 aliphatic carbocycles. The van der Waals surface area contributed by atoms with E-state index in [4.69, 9.17) is 4.42 Å². The zero-order chi connectivity index (χ0) is 21.6. The number of nitrogens with zero attached hydrogens (tertiary/aromatic N) is 3. The molecule has 0 aromatic carbocycles. The Kier molecular flexibility index (Phi) is 4.84. The first kappa shape index (κ1) is 19.8. The smallest absolute Gasteiger partial charge is 0.271 e. The Morgan fingerprint density at radius 2 is 2.16 bits per heavy atom. The van der Waals surface area contributed by atoms with Gasteiger partial charge in [-0.2, -0.15) is 0 Å². The second-order valence-electron chi connectivity index (χ2n) is 9.15. The third-order valence-electron chi connectivity index (χ3n) is 7.03. The van der Waals surface area contributed by atoms with Gasteiger partial charge in [0.2, 0.25) is 5.91 Å². The molecule has 31 heavy (non-hydrogen) atoms. The number of amides is 2. The van der Waals surface area contributed by atoms with Gasteiger partial charge in [-0.15, -0.1) is 0 Å². The fraction of sp³-hybridized carbons (Fsp3) is 0.458. The quantitative estimate of drug-likeness (QED) is 0.697. The molecule has 1 aliphatic heterocycles. The van der Waals surface area contributed by atoms with E-state index in [-0.39, 0.29) is 17.9 Å². The van der Waals surface area contributed by atoms with E-state index in [1.54, 1.807) is 29.6 Å². The van der Waals surface area contributed by atoms with Crippen LogP contribution in [0, 0.1) is 5.92 Å². The Hall–Kier alpha value is -3.09. The summed E-state index contributed by atoms with van der Waals surface area (Å²) in [6, 6.07) is 7.55. The van der Waals surface area contributed by atoms with E-state index >= 15 is 0 Å². The van der Waals surface area contributed by atoms with Crippen molar-refractivity contribution in [1.29, 1.82) is 0 Å². The van der Waals surface area contributed by atoms with Crippen LogP contribution in [0.4, 0.5) is 0 Å². The highest BCUT2D eigenvalue weighted by atomic mass is 16.3. The van der Waals surface area contributed by atoms with Crippen LogP contribution < -0.4 is 5.32 Å². The zero-order valence-electron chi connectivity index (χ0n) is 18.0. The predicted octanol–water partition coefficient (Wildman–Crippen LogP) is 3.74. The van der Waals surface area contributed by atoms with Crippen molar-refractivity contribution in [1.82, 2.24) is 19.8 Å². The van der Waals surface area contributed by atoms with E-state index in [9.17, 15) is 9.59 Å². The van der Waals surface area contributed by atoms with Gasteiger partial charge in [0.25, 0.3) is 5.91 Å². The monoisotopic (exact) mass is 420 g/mol. The lowest BCUT2D eigenvalue weighted by Crippen LogP contribution is -2.65. The summed E-state index contributed by atoms with van der Waals surface area (Å²) in [4.78, 5) is 33.2. The summed E-state index contributed by atoms with van der Waals surface area (Å²) in [6.45, 7) is 4.78. The molecule has 7 heteroatoms. The van der Waals surface area contributed by atoms with Gasteiger partial charge < -0.3 is 19.2 Å². The molecule has 1 fully saturated rings. The number of pyridine rings is 1. The van der Waals surface area contributed by atoms with Crippen molar-refractivity contribution in [3.05, 3.63) is 54.2 Å². The number of furan rings is 1. The topological polar surface area (TPSA) is 80.4 Å². The lowest BCUT2D eigenvalue weighted by atomic mass is 9.85. The maximum atomic E-state index is 13.7. The number of carbonyl (C=O) groups is 2. The minimum Gasteiger partial charge on any atom is -0.463 e. The van der Waals surface area contributed by atoms with E-state index in [1.165, 1.54) is 6.42 Å². The summed E-state index contributed by atoms with van der Waals surface area (Å²) >= 11 is 0. The Morgan fingerprint density at radius 3 is 2.94 bits per heavy atom. The van der Waals surface area contributed by atoms with Gasteiger partial charge in [-0.1, -0.05) is 25.8 Å². The molecule has 0 spiro atoms. The van der Waals surface area contributed by atoms with Crippen molar-refractivity contribution in [3.63, 3.8) is 0 Å². The second-order valence-corrected chi connectivity index (χ2v) is 9.15. The number of aromatic nitrogens is 2. The number of nitrogens with one attached hydrogen (secondary N) is 1. The van der Waals surface area contributed by atoms with Crippen molar-refractivity contribution >= 4 is 22.9 Å². The van der Waals surface area contributed by atoms with Gasteiger partial charge in [-0.3, -0.25) is 14.6 Å². The van der Waals surface area contributed by atoms with E-state index in [0.717, 1.165) is 30.3 Å². The average molecular weight is 421 g/mol. The molecule has 3 aromatic heterocycles. The standard InChI is InChI=1S/C24H28N4O3/c1-16-6-3-4-8-18(16)26-23(30)24(2)15-27-19-9-11-31-21(19)12-20(27)22(29)28(24)14-17-7-5-10-25-13-17/h5,7,9-13,16,18H,3-4,6,8,14-15H2,1-2H3,(H,26,30)/t16-,18+,24-/m1/s1. The minimum absolute atomic E-state index is 0.0977. The zero-order valence-corrected chi connectivity index (χ0v) is 18.0. The molecule has 7 nitrogen and oxygen atoms in total. The Labute approximate surface area is 181 Å². The summed E-state index contributed by atoms with van der Waals surface area (Å²) < 4.78 is 7.46. The summed E-state index contributed by atoms with van der Waals surface area (Å²) in [6.07, 6.45) is 9.51. The molecule has 2 amide bonds. The van der Waals surface area contributed by atoms with Crippen molar-refractivity contribution < 1.29 is 14.0 Å². The molecule has 4 heterocycles. The van der Waals surface area contributed by atoms with Crippen LogP contribution in [0.2, 0.25) is 0 Å². The summed E-state index contributed by atoms with van der Waals surface area (Å²) in [5.41, 5.74) is 1.92. The summed E-state index contributed by atoms with van der Waals surface area (Å²) in [5, 5.41) is 3.29. The van der Waals surface area contributed by atoms with Crippen LogP contribution in [0.1, 0.15) is 55.6 Å². The lowest BCUT2D eigenvalue weighted by molar-refractivity contribution is -0.134. The van der Waals surface area contributed by atoms with Crippen molar-refractivity contribution in [2.24, 2.45) is 5.92 Å². The highest BCUT2D eigenvalue weighted by Crippen LogP contribution is 2.34. The molecule has 3 atom stereocenters. The molecule has 3 aromatic rings. The van der Waals surface area contributed by atoms with Gasteiger partial charge in [-0.25, -0.2) is 0 Å². The van der Waals surface area contributed by atoms with E-state index in [2.05, 4.69) is 17.2 Å². The van der Waals surface area contributed by atoms with Crippen LogP contribution in [0.15, 0.2) is 47.3 Å². The fourth-order valence-electron chi connectivity index (χ4n) is 5.05. The highest BCUT2D eigenvalue weighted by molar-refractivity contribution is 6.02. The molecule has 0 bridgehead atoms. The van der Waals surface area contributed by atoms with E-state index < -0.39 is 5.54 Å². The third-order valence-corrected chi connectivity index (χ3v) is 7.03. The van der Waals surface area contributed by atoms with Crippen molar-refractivity contribution in [3.8, 4) is 0 Å². The van der Waals surface area contributed by atoms with Crippen LogP contribution in [0.3, 0.4) is 0 Å². The van der Waals surface area contributed by atoms with Gasteiger partial charge in [0, 0.05) is 37.1 Å². The molecule has 1 saturated carbocycles. The summed E-state index contributed by atoms with van der Waals surface area (Å²) in [5.74, 6) is 0.172. The van der Waals surface area contributed by atoms with E-state index in [0.29, 0.717) is 30.3 Å². The number of hydrogen-bond donors (Lipinski definition) is 1. The van der Waals surface area contributed by atoms with Crippen LogP contribution in [0.5, 0.6) is 0 Å². The van der Waals surface area contributed by atoms with Gasteiger partial charge in [0.15, 0.2) is 5.58 Å². The van der Waals surface area contributed by atoms with Gasteiger partial charge in [0.05, 0.1) is 18.3 Å². The Morgan fingerprint density at radius 1 is 1.32 bits per heavy atom. The maximum absolute atomic E-state index is 13.7. The average Bonchev–Trinajstić information content (AvgIpc) is 3.36. The lowest BCUT2D eigenvalue weighted by Gasteiger charge is -2.45. The molecule has 5 rings (SSSR count). The van der Waals surface area contributed by atoms with Crippen molar-refractivity contribution in [2.75, 3.05) is 0 Å². The summed E-state index contributed by atoms with van der Waals surface area (Å²) in [7, 11) is 0. The highest BCUT2D eigenvalue weighted by Gasteiger charge is 2.48. The van der Waals surface area contributed by atoms with Gasteiger partial charge in [0.1, 0.15) is 11.2 Å². The molecular formula is C24H28N4O3. The van der Waals surface area contributed by atoms with Crippen molar-refractivity contribution in [2.45, 2.75) is 64.2 Å². The number of carbonyl (C=O) groups excluding carboxylic acids is 2. The predicted molar refractivity (Wildman–Crippen MR) is 116 cm³/mol. The Balaban J connectivity index is 1.53. The minimum atomic E-state index is -1.03. The first-order chi connectivity index (χ1) is 15.0. The molecule has 0 saturated heterocycles. The molecule has 1 N–H and O–H groups in total. The molecule has 0 radical (unpaired) electrons. The van der Waals surface area contributed by atoms with E-state index in [1.807, 2.05) is 29.7 Å². The molecule has 2 aliphatic rings. The first-order valence-corrected chi connectivity index (χ1v) is 11.1. The normalized spacial score (nSPS) is 26.1. The molecular weight excluding hydrogens is 392 g/mol. The third kappa shape index (κ3) is 3.32. The number of rotatable bonds is 4. The van der Waals surface area contributed by atoms with Crippen LogP contribution in [-0.4, -0.2) is 37.8 Å². The van der Waals surface area contributed by atoms with Gasteiger partial charge >= 0.3 is 0 Å². The maximum Gasteiger partial charge on any atom is 0.271 e. The van der Waals surface area contributed by atoms with Gasteiger partial charge in [-0.05, 0) is 37.3 Å². The van der Waals surface area contributed by atoms with Crippen LogP contribution in [0.25, 0.3) is 11.1 Å². The number of fused-ring (bicyclic) bond motifs is 3. The largest absolute Gasteiger partial charge is 0.463 e. The van der Waals surface area contributed by atoms with Crippen LogP contribution in [-0.2, 0) is 17.9 Å². The number of hydrogen-bond acceptors (Lipinski definition) is 4. The first-order valence-electron chi connectivity index (χ1n) is 11.1.